The number of fused-ring (bicyclic) bond motifs is 5. The third-order valence-corrected chi connectivity index (χ3v) is 7.03. The number of carbonyl (C=O) groups is 3. The fourth-order valence-corrected chi connectivity index (χ4v) is 5.76. The number of carbonyl (C=O) groups excluding carboxylic acids is 3. The summed E-state index contributed by atoms with van der Waals surface area (Å²) in [5.74, 6) is 1.96. The molecule has 2 fully saturated rings. The first-order valence-electron chi connectivity index (χ1n) is 9.75. The summed E-state index contributed by atoms with van der Waals surface area (Å²) < 4.78 is 5.32. The Labute approximate surface area is 154 Å². The van der Waals surface area contributed by atoms with Crippen LogP contribution in [0.15, 0.2) is 18.2 Å². The van der Waals surface area contributed by atoms with Gasteiger partial charge in [0.1, 0.15) is 23.7 Å². The predicted octanol–water partition coefficient (Wildman–Crippen LogP) is 4.00. The molecule has 0 spiro atoms. The van der Waals surface area contributed by atoms with E-state index in [1.54, 1.807) is 0 Å². The largest absolute Gasteiger partial charge is 0.426 e. The molecule has 0 aromatic heterocycles. The maximum atomic E-state index is 12.4. The van der Waals surface area contributed by atoms with Gasteiger partial charge in [-0.3, -0.25) is 14.4 Å². The summed E-state index contributed by atoms with van der Waals surface area (Å²) in [7, 11) is 0. The Morgan fingerprint density at radius 2 is 2.00 bits per heavy atom. The number of aryl methyl sites for hydroxylation is 1. The van der Waals surface area contributed by atoms with E-state index in [2.05, 4.69) is 13.0 Å². The molecule has 1 aromatic rings. The molecule has 0 saturated heterocycles. The zero-order valence-electron chi connectivity index (χ0n) is 15.5. The molecule has 0 N–H and O–H groups in total. The SMILES string of the molecule is CC(=O)CC(=O)Oc1ccc2c(c1)CCC1C2CCC2(C)C(=O)CCC12. The summed E-state index contributed by atoms with van der Waals surface area (Å²) in [6, 6.07) is 5.92. The van der Waals surface area contributed by atoms with E-state index in [1.165, 1.54) is 18.1 Å². The molecule has 0 radical (unpaired) electrons. The van der Waals surface area contributed by atoms with Crippen molar-refractivity contribution in [2.75, 3.05) is 0 Å². The van der Waals surface area contributed by atoms with Gasteiger partial charge in [0.05, 0.1) is 0 Å². The molecule has 3 aliphatic carbocycles. The molecule has 4 atom stereocenters. The number of Topliss-reactive ketones (excluding diaryl/α,β-unsaturated/α-hetero) is 2. The third kappa shape index (κ3) is 2.80. The normalized spacial score (nSPS) is 32.4. The van der Waals surface area contributed by atoms with Gasteiger partial charge in [-0.25, -0.2) is 0 Å². The van der Waals surface area contributed by atoms with Crippen LogP contribution in [0, 0.1) is 17.3 Å². The van der Waals surface area contributed by atoms with Crippen molar-refractivity contribution in [3.8, 4) is 5.75 Å². The lowest BCUT2D eigenvalue weighted by molar-refractivity contribution is -0.137. The maximum absolute atomic E-state index is 12.4. The Kier molecular flexibility index (Phi) is 4.25. The minimum absolute atomic E-state index is 0.0964. The standard InChI is InChI=1S/C22H26O4/c1-13(23)11-21(25)26-15-4-6-16-14(12-15)3-5-18-17(16)9-10-22(2)19(18)7-8-20(22)24/h4,6,12,17-19H,3,5,7-11H2,1-2H3. The average molecular weight is 354 g/mol. The maximum Gasteiger partial charge on any atom is 0.318 e. The first-order valence-corrected chi connectivity index (χ1v) is 9.75. The number of ether oxygens (including phenoxy) is 1. The zero-order valence-corrected chi connectivity index (χ0v) is 15.5. The molecule has 0 bridgehead atoms. The van der Waals surface area contributed by atoms with Crippen LogP contribution in [0.5, 0.6) is 5.75 Å². The molecular formula is C22H26O4. The summed E-state index contributed by atoms with van der Waals surface area (Å²) in [5, 5.41) is 0. The molecule has 3 aliphatic rings. The zero-order chi connectivity index (χ0) is 18.5. The molecule has 4 heteroatoms. The van der Waals surface area contributed by atoms with Crippen LogP contribution in [0.1, 0.15) is 69.4 Å². The molecule has 1 aromatic carbocycles. The highest BCUT2D eigenvalue weighted by atomic mass is 16.5. The fourth-order valence-electron chi connectivity index (χ4n) is 5.76. The van der Waals surface area contributed by atoms with Gasteiger partial charge in [-0.1, -0.05) is 13.0 Å². The summed E-state index contributed by atoms with van der Waals surface area (Å²) >= 11 is 0. The highest BCUT2D eigenvalue weighted by Gasteiger charge is 2.54. The van der Waals surface area contributed by atoms with Gasteiger partial charge in [-0.05, 0) is 80.0 Å². The minimum Gasteiger partial charge on any atom is -0.426 e. The molecule has 138 valence electrons. The van der Waals surface area contributed by atoms with Gasteiger partial charge in [0.15, 0.2) is 0 Å². The number of hydrogen-bond donors (Lipinski definition) is 0. The van der Waals surface area contributed by atoms with Crippen molar-refractivity contribution in [2.24, 2.45) is 17.3 Å². The van der Waals surface area contributed by atoms with Crippen molar-refractivity contribution in [3.63, 3.8) is 0 Å². The van der Waals surface area contributed by atoms with E-state index >= 15 is 0 Å². The van der Waals surface area contributed by atoms with E-state index in [-0.39, 0.29) is 17.6 Å². The van der Waals surface area contributed by atoms with Gasteiger partial charge < -0.3 is 4.74 Å². The smallest absolute Gasteiger partial charge is 0.318 e. The number of benzene rings is 1. The van der Waals surface area contributed by atoms with Crippen LogP contribution in [-0.4, -0.2) is 17.5 Å². The second kappa shape index (κ2) is 6.33. The second-order valence-corrected chi connectivity index (χ2v) is 8.55. The Morgan fingerprint density at radius 1 is 1.19 bits per heavy atom. The molecule has 4 nitrogen and oxygen atoms in total. The van der Waals surface area contributed by atoms with E-state index in [9.17, 15) is 14.4 Å². The van der Waals surface area contributed by atoms with Gasteiger partial charge in [0, 0.05) is 11.8 Å². The first-order chi connectivity index (χ1) is 12.4. The molecule has 26 heavy (non-hydrogen) atoms. The predicted molar refractivity (Wildman–Crippen MR) is 97.0 cm³/mol. The molecule has 4 rings (SSSR count). The molecule has 0 heterocycles. The van der Waals surface area contributed by atoms with Crippen LogP contribution < -0.4 is 4.74 Å². The van der Waals surface area contributed by atoms with Crippen molar-refractivity contribution in [3.05, 3.63) is 29.3 Å². The van der Waals surface area contributed by atoms with Crippen molar-refractivity contribution < 1.29 is 19.1 Å². The number of rotatable bonds is 3. The lowest BCUT2D eigenvalue weighted by atomic mass is 9.55. The molecular weight excluding hydrogens is 328 g/mol. The van der Waals surface area contributed by atoms with Crippen LogP contribution in [0.25, 0.3) is 0 Å². The summed E-state index contributed by atoms with van der Waals surface area (Å²) in [6.07, 6.45) is 5.75. The minimum atomic E-state index is -0.496. The summed E-state index contributed by atoms with van der Waals surface area (Å²) in [4.78, 5) is 35.2. The van der Waals surface area contributed by atoms with Crippen molar-refractivity contribution in [1.29, 1.82) is 0 Å². The van der Waals surface area contributed by atoms with E-state index in [0.29, 0.717) is 29.3 Å². The highest BCUT2D eigenvalue weighted by Crippen LogP contribution is 2.59. The molecule has 2 saturated carbocycles. The summed E-state index contributed by atoms with van der Waals surface area (Å²) in [5.41, 5.74) is 2.53. The van der Waals surface area contributed by atoms with Crippen LogP contribution in [-0.2, 0) is 20.8 Å². The van der Waals surface area contributed by atoms with E-state index < -0.39 is 5.97 Å². The summed E-state index contributed by atoms with van der Waals surface area (Å²) in [6.45, 7) is 3.58. The second-order valence-electron chi connectivity index (χ2n) is 8.55. The van der Waals surface area contributed by atoms with Crippen molar-refractivity contribution in [1.82, 2.24) is 0 Å². The van der Waals surface area contributed by atoms with Gasteiger partial charge in [-0.15, -0.1) is 0 Å². The lowest BCUT2D eigenvalue weighted by Gasteiger charge is -2.48. The first kappa shape index (κ1) is 17.4. The Bertz CT molecular complexity index is 780. The van der Waals surface area contributed by atoms with Crippen molar-refractivity contribution in [2.45, 2.75) is 64.7 Å². The van der Waals surface area contributed by atoms with Gasteiger partial charge in [0.25, 0.3) is 0 Å². The Morgan fingerprint density at radius 3 is 2.77 bits per heavy atom. The molecule has 4 unspecified atom stereocenters. The number of hydrogen-bond acceptors (Lipinski definition) is 4. The fraction of sp³-hybridized carbons (Fsp3) is 0.591. The van der Waals surface area contributed by atoms with E-state index in [1.807, 2.05) is 12.1 Å². The third-order valence-electron chi connectivity index (χ3n) is 7.03. The quantitative estimate of drug-likeness (QED) is 0.468. The van der Waals surface area contributed by atoms with Crippen LogP contribution >= 0.6 is 0 Å². The number of esters is 1. The topological polar surface area (TPSA) is 60.4 Å². The van der Waals surface area contributed by atoms with Crippen molar-refractivity contribution >= 4 is 17.5 Å². The highest BCUT2D eigenvalue weighted by molar-refractivity contribution is 5.95. The van der Waals surface area contributed by atoms with E-state index in [0.717, 1.165) is 38.5 Å². The van der Waals surface area contributed by atoms with Gasteiger partial charge in [-0.2, -0.15) is 0 Å². The van der Waals surface area contributed by atoms with Gasteiger partial charge >= 0.3 is 5.97 Å². The molecule has 0 aliphatic heterocycles. The average Bonchev–Trinajstić information content (AvgIpc) is 2.89. The Hall–Kier alpha value is -1.97. The van der Waals surface area contributed by atoms with Crippen LogP contribution in [0.3, 0.4) is 0 Å². The monoisotopic (exact) mass is 354 g/mol. The van der Waals surface area contributed by atoms with Gasteiger partial charge in [0.2, 0.25) is 0 Å². The Balaban J connectivity index is 1.55. The van der Waals surface area contributed by atoms with Crippen LogP contribution in [0.2, 0.25) is 0 Å². The molecule has 0 amide bonds. The van der Waals surface area contributed by atoms with Crippen LogP contribution in [0.4, 0.5) is 0 Å². The lowest BCUT2D eigenvalue weighted by Crippen LogP contribution is -2.42. The van der Waals surface area contributed by atoms with E-state index in [4.69, 9.17) is 4.74 Å². The number of ketones is 2.